The van der Waals surface area contributed by atoms with Gasteiger partial charge in [-0.15, -0.1) is 0 Å². The fourth-order valence-electron chi connectivity index (χ4n) is 3.69. The van der Waals surface area contributed by atoms with E-state index in [1.807, 2.05) is 7.05 Å². The fourth-order valence-corrected chi connectivity index (χ4v) is 4.10. The first kappa shape index (κ1) is 14.4. The molecule has 0 aromatic heterocycles. The van der Waals surface area contributed by atoms with E-state index in [1.54, 1.807) is 0 Å². The summed E-state index contributed by atoms with van der Waals surface area (Å²) in [5.41, 5.74) is 2.79. The molecule has 1 aromatic rings. The molecule has 0 amide bonds. The van der Waals surface area contributed by atoms with Crippen LogP contribution in [0.3, 0.4) is 0 Å². The number of nitrogens with one attached hydrogen (secondary N) is 1. The van der Waals surface area contributed by atoms with Gasteiger partial charge in [0.15, 0.2) is 0 Å². The monoisotopic (exact) mass is 337 g/mol. The first-order valence-corrected chi connectivity index (χ1v) is 8.42. The first-order chi connectivity index (χ1) is 9.69. The largest absolute Gasteiger partial charge is 0.366 e. The van der Waals surface area contributed by atoms with E-state index >= 15 is 0 Å². The lowest BCUT2D eigenvalue weighted by Crippen LogP contribution is -2.55. The molecule has 2 fully saturated rings. The van der Waals surface area contributed by atoms with Crippen molar-refractivity contribution in [2.45, 2.75) is 38.4 Å². The molecular formula is C16H24BrN3. The van der Waals surface area contributed by atoms with Gasteiger partial charge in [0.05, 0.1) is 0 Å². The van der Waals surface area contributed by atoms with Crippen LogP contribution in [0.5, 0.6) is 0 Å². The van der Waals surface area contributed by atoms with Crippen molar-refractivity contribution < 1.29 is 0 Å². The van der Waals surface area contributed by atoms with Crippen LogP contribution in [0.15, 0.2) is 22.7 Å². The van der Waals surface area contributed by atoms with Crippen LogP contribution in [-0.2, 0) is 6.54 Å². The zero-order chi connectivity index (χ0) is 14.1. The SMILES string of the molecule is CNCc1cc(Br)ccc1N1CC2CCCN2CC1C. The van der Waals surface area contributed by atoms with Gasteiger partial charge in [-0.2, -0.15) is 0 Å². The highest BCUT2D eigenvalue weighted by Crippen LogP contribution is 2.32. The Balaban J connectivity index is 1.87. The fraction of sp³-hybridized carbons (Fsp3) is 0.625. The van der Waals surface area contributed by atoms with Crippen molar-refractivity contribution in [3.8, 4) is 0 Å². The Hall–Kier alpha value is -0.580. The van der Waals surface area contributed by atoms with Gasteiger partial charge in [0.25, 0.3) is 0 Å². The maximum absolute atomic E-state index is 3.60. The average molecular weight is 338 g/mol. The van der Waals surface area contributed by atoms with E-state index in [4.69, 9.17) is 0 Å². The molecule has 2 unspecified atom stereocenters. The molecule has 20 heavy (non-hydrogen) atoms. The van der Waals surface area contributed by atoms with Gasteiger partial charge in [-0.25, -0.2) is 0 Å². The summed E-state index contributed by atoms with van der Waals surface area (Å²) >= 11 is 3.60. The van der Waals surface area contributed by atoms with Gasteiger partial charge in [-0.1, -0.05) is 15.9 Å². The van der Waals surface area contributed by atoms with Gasteiger partial charge in [-0.05, 0) is 57.1 Å². The Kier molecular flexibility index (Phi) is 4.34. The molecule has 2 heterocycles. The molecule has 0 bridgehead atoms. The summed E-state index contributed by atoms with van der Waals surface area (Å²) in [7, 11) is 2.02. The first-order valence-electron chi connectivity index (χ1n) is 7.62. The van der Waals surface area contributed by atoms with Gasteiger partial charge < -0.3 is 10.2 Å². The van der Waals surface area contributed by atoms with Gasteiger partial charge in [-0.3, -0.25) is 4.90 Å². The quantitative estimate of drug-likeness (QED) is 0.914. The molecule has 3 nitrogen and oxygen atoms in total. The van der Waals surface area contributed by atoms with Crippen LogP contribution in [0, 0.1) is 0 Å². The van der Waals surface area contributed by atoms with E-state index in [9.17, 15) is 0 Å². The molecule has 2 atom stereocenters. The Morgan fingerprint density at radius 3 is 3.00 bits per heavy atom. The number of nitrogens with zero attached hydrogens (tertiary/aromatic N) is 2. The molecule has 2 aliphatic rings. The standard InChI is InChI=1S/C16H24BrN3/c1-12-10-19-7-3-4-15(19)11-20(12)16-6-5-14(17)8-13(16)9-18-2/h5-6,8,12,15,18H,3-4,7,9-11H2,1-2H3. The highest BCUT2D eigenvalue weighted by molar-refractivity contribution is 9.10. The predicted molar refractivity (Wildman–Crippen MR) is 88.3 cm³/mol. The smallest absolute Gasteiger partial charge is 0.0416 e. The maximum Gasteiger partial charge on any atom is 0.0416 e. The lowest BCUT2D eigenvalue weighted by molar-refractivity contribution is 0.203. The molecular weight excluding hydrogens is 314 g/mol. The van der Waals surface area contributed by atoms with Crippen molar-refractivity contribution in [2.24, 2.45) is 0 Å². The lowest BCUT2D eigenvalue weighted by Gasteiger charge is -2.44. The molecule has 0 spiro atoms. The second kappa shape index (κ2) is 6.04. The molecule has 3 rings (SSSR count). The minimum Gasteiger partial charge on any atom is -0.366 e. The van der Waals surface area contributed by atoms with E-state index in [-0.39, 0.29) is 0 Å². The summed E-state index contributed by atoms with van der Waals surface area (Å²) in [5.74, 6) is 0. The van der Waals surface area contributed by atoms with E-state index in [0.717, 1.165) is 12.6 Å². The molecule has 0 radical (unpaired) electrons. The van der Waals surface area contributed by atoms with Crippen LogP contribution in [0.2, 0.25) is 0 Å². The summed E-state index contributed by atoms with van der Waals surface area (Å²) in [5, 5.41) is 3.29. The number of hydrogen-bond donors (Lipinski definition) is 1. The number of halogens is 1. The molecule has 4 heteroatoms. The maximum atomic E-state index is 3.60. The number of fused-ring (bicyclic) bond motifs is 1. The third-order valence-corrected chi connectivity index (χ3v) is 5.15. The van der Waals surface area contributed by atoms with Crippen LogP contribution in [0.25, 0.3) is 0 Å². The molecule has 2 aliphatic heterocycles. The Morgan fingerprint density at radius 1 is 1.35 bits per heavy atom. The Morgan fingerprint density at radius 2 is 2.20 bits per heavy atom. The molecule has 1 N–H and O–H groups in total. The van der Waals surface area contributed by atoms with Gasteiger partial charge >= 0.3 is 0 Å². The Labute approximate surface area is 130 Å². The second-order valence-corrected chi connectivity index (χ2v) is 7.01. The van der Waals surface area contributed by atoms with Gasteiger partial charge in [0.1, 0.15) is 0 Å². The third-order valence-electron chi connectivity index (χ3n) is 4.66. The molecule has 2 saturated heterocycles. The summed E-state index contributed by atoms with van der Waals surface area (Å²) in [6, 6.07) is 8.05. The zero-order valence-electron chi connectivity index (χ0n) is 12.4. The van der Waals surface area contributed by atoms with E-state index in [1.165, 1.54) is 48.2 Å². The van der Waals surface area contributed by atoms with Crippen molar-refractivity contribution in [3.05, 3.63) is 28.2 Å². The van der Waals surface area contributed by atoms with Crippen molar-refractivity contribution in [1.29, 1.82) is 0 Å². The zero-order valence-corrected chi connectivity index (χ0v) is 14.0. The van der Waals surface area contributed by atoms with Crippen LogP contribution in [0.1, 0.15) is 25.3 Å². The highest BCUT2D eigenvalue weighted by atomic mass is 79.9. The summed E-state index contributed by atoms with van der Waals surface area (Å²) in [6.45, 7) is 6.97. The van der Waals surface area contributed by atoms with Gasteiger partial charge in [0.2, 0.25) is 0 Å². The van der Waals surface area contributed by atoms with Gasteiger partial charge in [0, 0.05) is 41.9 Å². The minimum absolute atomic E-state index is 0.598. The minimum atomic E-state index is 0.598. The van der Waals surface area contributed by atoms with E-state index in [0.29, 0.717) is 6.04 Å². The van der Waals surface area contributed by atoms with Crippen LogP contribution < -0.4 is 10.2 Å². The topological polar surface area (TPSA) is 18.5 Å². The number of piperazine rings is 1. The van der Waals surface area contributed by atoms with Crippen molar-refractivity contribution in [3.63, 3.8) is 0 Å². The van der Waals surface area contributed by atoms with Crippen LogP contribution >= 0.6 is 15.9 Å². The predicted octanol–water partition coefficient (Wildman–Crippen LogP) is 2.84. The number of rotatable bonds is 3. The van der Waals surface area contributed by atoms with Crippen molar-refractivity contribution in [1.82, 2.24) is 10.2 Å². The summed E-state index contributed by atoms with van der Waals surface area (Å²) in [4.78, 5) is 5.30. The van der Waals surface area contributed by atoms with Crippen LogP contribution in [-0.4, -0.2) is 43.7 Å². The molecule has 1 aromatic carbocycles. The number of benzene rings is 1. The summed E-state index contributed by atoms with van der Waals surface area (Å²) < 4.78 is 1.17. The van der Waals surface area contributed by atoms with Crippen LogP contribution in [0.4, 0.5) is 5.69 Å². The van der Waals surface area contributed by atoms with Crippen molar-refractivity contribution >= 4 is 21.6 Å². The van der Waals surface area contributed by atoms with E-state index < -0.39 is 0 Å². The third kappa shape index (κ3) is 2.74. The Bertz CT molecular complexity index is 477. The second-order valence-electron chi connectivity index (χ2n) is 6.10. The number of hydrogen-bond acceptors (Lipinski definition) is 3. The number of anilines is 1. The average Bonchev–Trinajstić information content (AvgIpc) is 2.86. The molecule has 110 valence electrons. The van der Waals surface area contributed by atoms with E-state index in [2.05, 4.69) is 56.2 Å². The lowest BCUT2D eigenvalue weighted by atomic mass is 10.0. The van der Waals surface area contributed by atoms with Crippen molar-refractivity contribution in [2.75, 3.05) is 31.6 Å². The molecule has 0 aliphatic carbocycles. The highest BCUT2D eigenvalue weighted by Gasteiger charge is 2.34. The summed E-state index contributed by atoms with van der Waals surface area (Å²) in [6.07, 6.45) is 2.73. The normalized spacial score (nSPS) is 26.9. The molecule has 0 saturated carbocycles.